The van der Waals surface area contributed by atoms with Gasteiger partial charge in [-0.15, -0.1) is 0 Å². The van der Waals surface area contributed by atoms with Crippen LogP contribution in [0.1, 0.15) is 53.1 Å². The van der Waals surface area contributed by atoms with Crippen molar-refractivity contribution < 1.29 is 18.9 Å². The standard InChI is InChI=1S/C26H39NO4/c1-16(2)21-14-23(28-8)17(3)13-24(21)31-12-11-27(7)15-22-20(6)25(29-9)18(4)19(5)26(22)30-10/h13-14,16H,11-12,15H2,1-10H3. The van der Waals surface area contributed by atoms with Crippen LogP contribution in [-0.2, 0) is 6.54 Å². The van der Waals surface area contributed by atoms with Gasteiger partial charge >= 0.3 is 0 Å². The highest BCUT2D eigenvalue weighted by atomic mass is 16.5. The molecule has 0 saturated carbocycles. The van der Waals surface area contributed by atoms with E-state index in [0.29, 0.717) is 12.5 Å². The lowest BCUT2D eigenvalue weighted by atomic mass is 9.97. The largest absolute Gasteiger partial charge is 0.496 e. The van der Waals surface area contributed by atoms with Crippen molar-refractivity contribution in [3.05, 3.63) is 45.5 Å². The smallest absolute Gasteiger partial charge is 0.127 e. The van der Waals surface area contributed by atoms with Crippen LogP contribution in [0.15, 0.2) is 12.1 Å². The third kappa shape index (κ3) is 5.45. The van der Waals surface area contributed by atoms with Crippen LogP contribution in [0.25, 0.3) is 0 Å². The quantitative estimate of drug-likeness (QED) is 0.493. The SMILES string of the molecule is COc1cc(C(C)C)c(OCCN(C)Cc2c(C)c(OC)c(C)c(C)c2OC)cc1C. The first-order valence-electron chi connectivity index (χ1n) is 10.9. The molecule has 2 rings (SSSR count). The number of rotatable bonds is 10. The molecule has 0 radical (unpaired) electrons. The molecule has 0 unspecified atom stereocenters. The van der Waals surface area contributed by atoms with Crippen molar-refractivity contribution in [3.8, 4) is 23.0 Å². The fraction of sp³-hybridized carbons (Fsp3) is 0.538. The number of hydrogen-bond donors (Lipinski definition) is 0. The Bertz CT molecular complexity index is 905. The van der Waals surface area contributed by atoms with Crippen LogP contribution >= 0.6 is 0 Å². The van der Waals surface area contributed by atoms with E-state index in [1.807, 2.05) is 6.92 Å². The van der Waals surface area contributed by atoms with Crippen LogP contribution in [0, 0.1) is 27.7 Å². The van der Waals surface area contributed by atoms with Gasteiger partial charge in [0.1, 0.15) is 29.6 Å². The summed E-state index contributed by atoms with van der Waals surface area (Å²) < 4.78 is 23.1. The predicted molar refractivity (Wildman–Crippen MR) is 127 cm³/mol. The van der Waals surface area contributed by atoms with Gasteiger partial charge in [-0.3, -0.25) is 4.90 Å². The Morgan fingerprint density at radius 3 is 1.97 bits per heavy atom. The molecule has 0 fully saturated rings. The number of hydrogen-bond acceptors (Lipinski definition) is 5. The zero-order chi connectivity index (χ0) is 23.3. The van der Waals surface area contributed by atoms with Gasteiger partial charge in [-0.05, 0) is 75.0 Å². The number of ether oxygens (including phenoxy) is 4. The van der Waals surface area contributed by atoms with Crippen LogP contribution in [0.5, 0.6) is 23.0 Å². The zero-order valence-corrected chi connectivity index (χ0v) is 20.9. The second kappa shape index (κ2) is 10.8. The lowest BCUT2D eigenvalue weighted by molar-refractivity contribution is 0.228. The molecule has 2 aromatic rings. The lowest BCUT2D eigenvalue weighted by Crippen LogP contribution is -2.25. The Hall–Kier alpha value is -2.40. The molecule has 0 bridgehead atoms. The predicted octanol–water partition coefficient (Wildman–Crippen LogP) is 5.58. The van der Waals surface area contributed by atoms with E-state index >= 15 is 0 Å². The van der Waals surface area contributed by atoms with E-state index in [1.54, 1.807) is 21.3 Å². The first-order chi connectivity index (χ1) is 14.7. The van der Waals surface area contributed by atoms with Crippen LogP contribution in [0.4, 0.5) is 0 Å². The number of benzene rings is 2. The summed E-state index contributed by atoms with van der Waals surface area (Å²) in [4.78, 5) is 2.25. The first kappa shape index (κ1) is 24.9. The normalized spacial score (nSPS) is 11.2. The molecule has 0 heterocycles. The summed E-state index contributed by atoms with van der Waals surface area (Å²) in [6, 6.07) is 4.17. The second-order valence-corrected chi connectivity index (χ2v) is 8.52. The van der Waals surface area contributed by atoms with E-state index in [2.05, 4.69) is 58.7 Å². The third-order valence-corrected chi connectivity index (χ3v) is 6.03. The minimum atomic E-state index is 0.358. The molecule has 5 heteroatoms. The Morgan fingerprint density at radius 1 is 0.806 bits per heavy atom. The summed E-state index contributed by atoms with van der Waals surface area (Å²) in [6.07, 6.45) is 0. The van der Waals surface area contributed by atoms with Gasteiger partial charge in [0.25, 0.3) is 0 Å². The summed E-state index contributed by atoms with van der Waals surface area (Å²) in [7, 11) is 7.28. The fourth-order valence-electron chi connectivity index (χ4n) is 4.06. The van der Waals surface area contributed by atoms with E-state index in [-0.39, 0.29) is 0 Å². The lowest BCUT2D eigenvalue weighted by Gasteiger charge is -2.24. The van der Waals surface area contributed by atoms with Crippen LogP contribution in [0.3, 0.4) is 0 Å². The molecule has 0 N–H and O–H groups in total. The molecule has 5 nitrogen and oxygen atoms in total. The molecular formula is C26H39NO4. The van der Waals surface area contributed by atoms with Crippen molar-refractivity contribution in [3.63, 3.8) is 0 Å². The number of aryl methyl sites for hydroxylation is 1. The Balaban J connectivity index is 2.15. The second-order valence-electron chi connectivity index (χ2n) is 8.52. The van der Waals surface area contributed by atoms with Gasteiger partial charge < -0.3 is 18.9 Å². The highest BCUT2D eigenvalue weighted by molar-refractivity contribution is 5.58. The minimum Gasteiger partial charge on any atom is -0.496 e. The van der Waals surface area contributed by atoms with Crippen LogP contribution in [-0.4, -0.2) is 46.4 Å². The summed E-state index contributed by atoms with van der Waals surface area (Å²) in [5.74, 6) is 4.07. The molecular weight excluding hydrogens is 390 g/mol. The number of methoxy groups -OCH3 is 3. The van der Waals surface area contributed by atoms with Crippen molar-refractivity contribution in [2.24, 2.45) is 0 Å². The summed E-state index contributed by atoms with van der Waals surface area (Å²) in [6.45, 7) is 14.8. The maximum absolute atomic E-state index is 6.21. The molecule has 0 saturated heterocycles. The first-order valence-corrected chi connectivity index (χ1v) is 10.9. The maximum atomic E-state index is 6.21. The average molecular weight is 430 g/mol. The molecule has 0 aliphatic rings. The van der Waals surface area contributed by atoms with Gasteiger partial charge in [0.15, 0.2) is 0 Å². The van der Waals surface area contributed by atoms with Crippen molar-refractivity contribution in [2.45, 2.75) is 54.0 Å². The van der Waals surface area contributed by atoms with Gasteiger partial charge in [0.2, 0.25) is 0 Å². The Morgan fingerprint density at radius 2 is 1.42 bits per heavy atom. The molecule has 0 aromatic heterocycles. The average Bonchev–Trinajstić information content (AvgIpc) is 2.72. The molecule has 172 valence electrons. The molecule has 0 atom stereocenters. The molecule has 0 spiro atoms. The highest BCUT2D eigenvalue weighted by Crippen LogP contribution is 2.38. The van der Waals surface area contributed by atoms with Crippen molar-refractivity contribution in [1.29, 1.82) is 0 Å². The third-order valence-electron chi connectivity index (χ3n) is 6.03. The highest BCUT2D eigenvalue weighted by Gasteiger charge is 2.20. The number of nitrogens with zero attached hydrogens (tertiary/aromatic N) is 1. The summed E-state index contributed by atoms with van der Waals surface area (Å²) >= 11 is 0. The van der Waals surface area contributed by atoms with Gasteiger partial charge in [0.05, 0.1) is 21.3 Å². The number of likely N-dealkylation sites (N-methyl/N-ethyl adjacent to an activating group) is 1. The summed E-state index contributed by atoms with van der Waals surface area (Å²) in [5, 5.41) is 0. The van der Waals surface area contributed by atoms with E-state index in [0.717, 1.165) is 63.9 Å². The van der Waals surface area contributed by atoms with Crippen molar-refractivity contribution in [1.82, 2.24) is 4.90 Å². The molecule has 0 amide bonds. The van der Waals surface area contributed by atoms with E-state index in [4.69, 9.17) is 18.9 Å². The van der Waals surface area contributed by atoms with Gasteiger partial charge in [-0.2, -0.15) is 0 Å². The molecule has 0 aliphatic carbocycles. The fourth-order valence-corrected chi connectivity index (χ4v) is 4.06. The Labute approximate surface area is 188 Å². The summed E-state index contributed by atoms with van der Waals surface area (Å²) in [5.41, 5.74) is 6.79. The molecule has 31 heavy (non-hydrogen) atoms. The minimum absolute atomic E-state index is 0.358. The van der Waals surface area contributed by atoms with E-state index in [1.165, 1.54) is 5.56 Å². The van der Waals surface area contributed by atoms with Gasteiger partial charge in [0, 0.05) is 24.2 Å². The zero-order valence-electron chi connectivity index (χ0n) is 20.9. The van der Waals surface area contributed by atoms with E-state index in [9.17, 15) is 0 Å². The van der Waals surface area contributed by atoms with Crippen LogP contribution in [0.2, 0.25) is 0 Å². The van der Waals surface area contributed by atoms with E-state index < -0.39 is 0 Å². The molecule has 0 aliphatic heterocycles. The topological polar surface area (TPSA) is 40.2 Å². The Kier molecular flexibility index (Phi) is 8.63. The molecule has 2 aromatic carbocycles. The monoisotopic (exact) mass is 429 g/mol. The van der Waals surface area contributed by atoms with Crippen molar-refractivity contribution in [2.75, 3.05) is 41.5 Å². The van der Waals surface area contributed by atoms with Gasteiger partial charge in [-0.1, -0.05) is 13.8 Å². The maximum Gasteiger partial charge on any atom is 0.127 e. The van der Waals surface area contributed by atoms with Crippen LogP contribution < -0.4 is 18.9 Å². The van der Waals surface area contributed by atoms with Crippen molar-refractivity contribution >= 4 is 0 Å². The van der Waals surface area contributed by atoms with Gasteiger partial charge in [-0.25, -0.2) is 0 Å².